The minimum atomic E-state index is -3.50. The van der Waals surface area contributed by atoms with Crippen LogP contribution in [0, 0.1) is 11.7 Å². The van der Waals surface area contributed by atoms with Crippen molar-refractivity contribution in [1.29, 1.82) is 0 Å². The summed E-state index contributed by atoms with van der Waals surface area (Å²) in [6, 6.07) is 11.7. The van der Waals surface area contributed by atoms with E-state index in [2.05, 4.69) is 9.97 Å². The van der Waals surface area contributed by atoms with E-state index in [9.17, 15) is 12.8 Å². The third-order valence-corrected chi connectivity index (χ3v) is 6.55. The van der Waals surface area contributed by atoms with Gasteiger partial charge < -0.3 is 5.73 Å². The highest BCUT2D eigenvalue weighted by molar-refractivity contribution is 7.92. The molecule has 0 unspecified atom stereocenters. The van der Waals surface area contributed by atoms with Gasteiger partial charge in [-0.3, -0.25) is 9.29 Å². The molecule has 1 aromatic heterocycles. The van der Waals surface area contributed by atoms with Crippen molar-refractivity contribution in [2.24, 2.45) is 5.92 Å². The van der Waals surface area contributed by atoms with Crippen LogP contribution in [0.25, 0.3) is 22.4 Å². The number of para-hydroxylation sites is 1. The average molecular weight is 415 g/mol. The largest absolute Gasteiger partial charge is 0.382 e. The first-order chi connectivity index (χ1) is 13.7. The molecular formula is C21H23FN4O2S. The Labute approximate surface area is 170 Å². The fraction of sp³-hybridized carbons (Fsp3) is 0.238. The maximum absolute atomic E-state index is 14.8. The SMILES string of the molecule is CC(C)CS(=O)(=O)N(C)c1ccccc1-c1ccc(-c2cnc(N)cn2)c(F)c1. The normalized spacial score (nSPS) is 11.6. The van der Waals surface area contributed by atoms with Gasteiger partial charge in [-0.1, -0.05) is 38.1 Å². The third kappa shape index (κ3) is 4.54. The Kier molecular flexibility index (Phi) is 5.83. The number of sulfonamides is 1. The second-order valence-corrected chi connectivity index (χ2v) is 9.22. The van der Waals surface area contributed by atoms with Crippen LogP contribution in [0.1, 0.15) is 13.8 Å². The van der Waals surface area contributed by atoms with Crippen molar-refractivity contribution in [3.8, 4) is 22.4 Å². The molecule has 3 rings (SSSR count). The molecule has 152 valence electrons. The lowest BCUT2D eigenvalue weighted by Gasteiger charge is -2.23. The summed E-state index contributed by atoms with van der Waals surface area (Å²) >= 11 is 0. The van der Waals surface area contributed by atoms with Gasteiger partial charge in [0, 0.05) is 18.2 Å². The van der Waals surface area contributed by atoms with Gasteiger partial charge in [-0.2, -0.15) is 0 Å². The summed E-state index contributed by atoms with van der Waals surface area (Å²) in [4.78, 5) is 8.04. The van der Waals surface area contributed by atoms with Gasteiger partial charge in [0.15, 0.2) is 0 Å². The molecule has 0 spiro atoms. The zero-order chi connectivity index (χ0) is 21.2. The van der Waals surface area contributed by atoms with Crippen molar-refractivity contribution in [3.05, 3.63) is 60.7 Å². The lowest BCUT2D eigenvalue weighted by molar-refractivity contribution is 0.580. The first kappa shape index (κ1) is 20.7. The molecule has 8 heteroatoms. The van der Waals surface area contributed by atoms with E-state index < -0.39 is 15.8 Å². The molecule has 2 aromatic carbocycles. The maximum Gasteiger partial charge on any atom is 0.235 e. The predicted molar refractivity (Wildman–Crippen MR) is 114 cm³/mol. The van der Waals surface area contributed by atoms with Crippen LogP contribution in [-0.4, -0.2) is 31.2 Å². The van der Waals surface area contributed by atoms with Gasteiger partial charge in [0.1, 0.15) is 11.6 Å². The van der Waals surface area contributed by atoms with E-state index in [1.165, 1.54) is 29.8 Å². The van der Waals surface area contributed by atoms with Crippen molar-refractivity contribution in [3.63, 3.8) is 0 Å². The third-order valence-electron chi connectivity index (χ3n) is 4.43. The summed E-state index contributed by atoms with van der Waals surface area (Å²) in [6.45, 7) is 3.71. The monoisotopic (exact) mass is 414 g/mol. The number of hydrogen-bond donors (Lipinski definition) is 1. The van der Waals surface area contributed by atoms with Gasteiger partial charge in [-0.05, 0) is 29.7 Å². The number of nitrogens with two attached hydrogens (primary N) is 1. The van der Waals surface area contributed by atoms with E-state index >= 15 is 0 Å². The first-order valence-corrected chi connectivity index (χ1v) is 10.7. The minimum Gasteiger partial charge on any atom is -0.382 e. The zero-order valence-electron chi connectivity index (χ0n) is 16.5. The highest BCUT2D eigenvalue weighted by Gasteiger charge is 2.22. The molecular weight excluding hydrogens is 391 g/mol. The van der Waals surface area contributed by atoms with E-state index in [1.807, 2.05) is 13.8 Å². The van der Waals surface area contributed by atoms with Crippen LogP contribution in [0.3, 0.4) is 0 Å². The van der Waals surface area contributed by atoms with Crippen LogP contribution in [-0.2, 0) is 10.0 Å². The Hall–Kier alpha value is -3.00. The molecule has 0 aliphatic heterocycles. The molecule has 0 atom stereocenters. The predicted octanol–water partition coefficient (Wildman–Crippen LogP) is 3.95. The van der Waals surface area contributed by atoms with Gasteiger partial charge in [0.25, 0.3) is 0 Å². The van der Waals surface area contributed by atoms with E-state index in [1.54, 1.807) is 36.4 Å². The molecule has 1 heterocycles. The highest BCUT2D eigenvalue weighted by Crippen LogP contribution is 2.34. The molecule has 0 saturated carbocycles. The topological polar surface area (TPSA) is 89.2 Å². The molecule has 29 heavy (non-hydrogen) atoms. The second-order valence-electron chi connectivity index (χ2n) is 7.18. The highest BCUT2D eigenvalue weighted by atomic mass is 32.2. The molecule has 6 nitrogen and oxygen atoms in total. The fourth-order valence-electron chi connectivity index (χ4n) is 3.04. The van der Waals surface area contributed by atoms with Gasteiger partial charge >= 0.3 is 0 Å². The number of anilines is 2. The summed E-state index contributed by atoms with van der Waals surface area (Å²) in [6.07, 6.45) is 2.78. The number of rotatable bonds is 6. The molecule has 0 fully saturated rings. The fourth-order valence-corrected chi connectivity index (χ4v) is 4.57. The smallest absolute Gasteiger partial charge is 0.235 e. The summed E-state index contributed by atoms with van der Waals surface area (Å²) in [5, 5.41) is 0. The van der Waals surface area contributed by atoms with E-state index in [0.717, 1.165) is 0 Å². The Balaban J connectivity index is 2.02. The van der Waals surface area contributed by atoms with Gasteiger partial charge in [0.05, 0.1) is 29.5 Å². The molecule has 0 radical (unpaired) electrons. The Bertz CT molecular complexity index is 1120. The van der Waals surface area contributed by atoms with Crippen molar-refractivity contribution < 1.29 is 12.8 Å². The molecule has 0 aliphatic carbocycles. The van der Waals surface area contributed by atoms with Crippen molar-refractivity contribution in [2.45, 2.75) is 13.8 Å². The van der Waals surface area contributed by atoms with E-state index in [0.29, 0.717) is 28.1 Å². The summed E-state index contributed by atoms with van der Waals surface area (Å²) < 4.78 is 41.5. The van der Waals surface area contributed by atoms with Crippen molar-refractivity contribution >= 4 is 21.5 Å². The maximum atomic E-state index is 14.8. The number of halogens is 1. The first-order valence-electron chi connectivity index (χ1n) is 9.12. The van der Waals surface area contributed by atoms with Crippen LogP contribution in [0.2, 0.25) is 0 Å². The summed E-state index contributed by atoms with van der Waals surface area (Å²) in [7, 11) is -1.98. The van der Waals surface area contributed by atoms with Gasteiger partial charge in [-0.15, -0.1) is 0 Å². The quantitative estimate of drug-likeness (QED) is 0.660. The van der Waals surface area contributed by atoms with Gasteiger partial charge in [-0.25, -0.2) is 17.8 Å². The van der Waals surface area contributed by atoms with Crippen LogP contribution in [0.15, 0.2) is 54.9 Å². The van der Waals surface area contributed by atoms with Crippen molar-refractivity contribution in [1.82, 2.24) is 9.97 Å². The number of nitrogens with zero attached hydrogens (tertiary/aromatic N) is 3. The summed E-state index contributed by atoms with van der Waals surface area (Å²) in [5.74, 6) is -0.206. The number of hydrogen-bond acceptors (Lipinski definition) is 5. The molecule has 0 aliphatic rings. The number of nitrogen functional groups attached to an aromatic ring is 1. The lowest BCUT2D eigenvalue weighted by Crippen LogP contribution is -2.31. The number of benzene rings is 2. The Morgan fingerprint density at radius 3 is 2.41 bits per heavy atom. The van der Waals surface area contributed by atoms with Crippen LogP contribution in [0.5, 0.6) is 0 Å². The van der Waals surface area contributed by atoms with E-state index in [4.69, 9.17) is 5.73 Å². The van der Waals surface area contributed by atoms with Crippen molar-refractivity contribution in [2.75, 3.05) is 22.8 Å². The average Bonchev–Trinajstić information content (AvgIpc) is 2.67. The summed E-state index contributed by atoms with van der Waals surface area (Å²) in [5.41, 5.74) is 7.87. The molecule has 0 amide bonds. The van der Waals surface area contributed by atoms with Crippen LogP contribution in [0.4, 0.5) is 15.9 Å². The molecule has 2 N–H and O–H groups in total. The van der Waals surface area contributed by atoms with Gasteiger partial charge in [0.2, 0.25) is 10.0 Å². The molecule has 3 aromatic rings. The van der Waals surface area contributed by atoms with Crippen LogP contribution < -0.4 is 10.0 Å². The standard InChI is InChI=1S/C21H23FN4O2S/c1-14(2)13-29(27,28)26(3)20-7-5-4-6-16(20)15-8-9-17(18(22)10-15)19-11-25-21(23)12-24-19/h4-12,14H,13H2,1-3H3,(H2,23,25). The van der Waals surface area contributed by atoms with E-state index in [-0.39, 0.29) is 17.5 Å². The lowest BCUT2D eigenvalue weighted by atomic mass is 10.0. The minimum absolute atomic E-state index is 0.00708. The number of aromatic nitrogens is 2. The second kappa shape index (κ2) is 8.16. The van der Waals surface area contributed by atoms with Crippen LogP contribution >= 0.6 is 0 Å². The zero-order valence-corrected chi connectivity index (χ0v) is 17.3. The Morgan fingerprint density at radius 1 is 1.07 bits per heavy atom. The molecule has 0 saturated heterocycles. The molecule has 0 bridgehead atoms. The Morgan fingerprint density at radius 2 is 1.79 bits per heavy atom.